The maximum atomic E-state index is 3.49. The Bertz CT molecular complexity index is 314. The minimum atomic E-state index is 0.574. The first-order valence-electron chi connectivity index (χ1n) is 6.46. The van der Waals surface area contributed by atoms with Crippen LogP contribution in [0.15, 0.2) is 24.3 Å². The molecule has 0 bridgehead atoms. The van der Waals surface area contributed by atoms with Crippen molar-refractivity contribution >= 4 is 0 Å². The maximum Gasteiger partial charge on any atom is 0.0206 e. The third-order valence-corrected chi connectivity index (χ3v) is 3.30. The summed E-state index contributed by atoms with van der Waals surface area (Å²) in [4.78, 5) is 2.23. The summed E-state index contributed by atoms with van der Waals surface area (Å²) in [7, 11) is 4.23. The molecule has 0 saturated heterocycles. The largest absolute Gasteiger partial charge is 0.311 e. The molecule has 1 atom stereocenters. The molecule has 0 amide bonds. The fourth-order valence-electron chi connectivity index (χ4n) is 1.63. The highest BCUT2D eigenvalue weighted by molar-refractivity contribution is 5.24. The molecule has 0 aromatic heterocycles. The minimum Gasteiger partial charge on any atom is -0.311 e. The fraction of sp³-hybridized carbons (Fsp3) is 0.600. The van der Waals surface area contributed by atoms with Gasteiger partial charge in [-0.2, -0.15) is 0 Å². The van der Waals surface area contributed by atoms with Crippen molar-refractivity contribution in [2.24, 2.45) is 0 Å². The third-order valence-electron chi connectivity index (χ3n) is 3.30. The van der Waals surface area contributed by atoms with Gasteiger partial charge in [-0.25, -0.2) is 0 Å². The van der Waals surface area contributed by atoms with Gasteiger partial charge in [-0.3, -0.25) is 0 Å². The average molecular weight is 234 g/mol. The Hall–Kier alpha value is -0.860. The Balaban J connectivity index is 2.37. The highest BCUT2D eigenvalue weighted by Crippen LogP contribution is 2.14. The predicted molar refractivity (Wildman–Crippen MR) is 75.4 cm³/mol. The second-order valence-corrected chi connectivity index (χ2v) is 5.34. The first-order valence-corrected chi connectivity index (χ1v) is 6.46. The van der Waals surface area contributed by atoms with Crippen LogP contribution in [0.5, 0.6) is 0 Å². The van der Waals surface area contributed by atoms with Gasteiger partial charge < -0.3 is 10.2 Å². The van der Waals surface area contributed by atoms with Crippen molar-refractivity contribution < 1.29 is 0 Å². The molecular formula is C15H26N2. The third kappa shape index (κ3) is 4.88. The summed E-state index contributed by atoms with van der Waals surface area (Å²) in [5.74, 6) is 0.616. The molecule has 1 N–H and O–H groups in total. The zero-order valence-electron chi connectivity index (χ0n) is 11.8. The zero-order valence-corrected chi connectivity index (χ0v) is 11.8. The van der Waals surface area contributed by atoms with Crippen molar-refractivity contribution in [3.05, 3.63) is 35.4 Å². The lowest BCUT2D eigenvalue weighted by atomic mass is 10.0. The number of benzene rings is 1. The first-order chi connectivity index (χ1) is 8.00. The number of likely N-dealkylation sites (N-methyl/N-ethyl adjacent to an activating group) is 1. The highest BCUT2D eigenvalue weighted by atomic mass is 15.1. The zero-order chi connectivity index (χ0) is 12.8. The van der Waals surface area contributed by atoms with E-state index in [0.717, 1.165) is 13.1 Å². The Labute approximate surface area is 106 Å². The van der Waals surface area contributed by atoms with Gasteiger partial charge in [0.05, 0.1) is 0 Å². The Kier molecular flexibility index (Phi) is 5.66. The van der Waals surface area contributed by atoms with E-state index in [-0.39, 0.29) is 0 Å². The SMILES string of the molecule is CC(C)c1ccc(CNCC(C)N(C)C)cc1. The lowest BCUT2D eigenvalue weighted by molar-refractivity contribution is 0.302. The summed E-state index contributed by atoms with van der Waals surface area (Å²) in [6.07, 6.45) is 0. The van der Waals surface area contributed by atoms with E-state index in [1.54, 1.807) is 0 Å². The molecule has 0 heterocycles. The standard InChI is InChI=1S/C15H26N2/c1-12(2)15-8-6-14(7-9-15)11-16-10-13(3)17(4)5/h6-9,12-13,16H,10-11H2,1-5H3. The van der Waals surface area contributed by atoms with Gasteiger partial charge in [-0.05, 0) is 38.1 Å². The lowest BCUT2D eigenvalue weighted by Crippen LogP contribution is -2.35. The molecule has 17 heavy (non-hydrogen) atoms. The van der Waals surface area contributed by atoms with E-state index in [1.165, 1.54) is 11.1 Å². The van der Waals surface area contributed by atoms with Crippen LogP contribution in [0.1, 0.15) is 37.8 Å². The van der Waals surface area contributed by atoms with E-state index >= 15 is 0 Å². The summed E-state index contributed by atoms with van der Waals surface area (Å²) in [5.41, 5.74) is 2.77. The molecule has 1 rings (SSSR count). The summed E-state index contributed by atoms with van der Waals surface area (Å²) < 4.78 is 0. The molecule has 1 aromatic carbocycles. The number of hydrogen-bond acceptors (Lipinski definition) is 2. The van der Waals surface area contributed by atoms with Crippen LogP contribution in [0.2, 0.25) is 0 Å². The molecule has 96 valence electrons. The Morgan fingerprint density at radius 2 is 1.65 bits per heavy atom. The van der Waals surface area contributed by atoms with E-state index in [1.807, 2.05) is 0 Å². The van der Waals surface area contributed by atoms with Crippen LogP contribution >= 0.6 is 0 Å². The van der Waals surface area contributed by atoms with Crippen LogP contribution < -0.4 is 5.32 Å². The van der Waals surface area contributed by atoms with E-state index in [4.69, 9.17) is 0 Å². The topological polar surface area (TPSA) is 15.3 Å². The summed E-state index contributed by atoms with van der Waals surface area (Å²) in [5, 5.41) is 3.49. The molecule has 0 fully saturated rings. The van der Waals surface area contributed by atoms with Gasteiger partial charge in [0.15, 0.2) is 0 Å². The molecule has 0 aliphatic heterocycles. The monoisotopic (exact) mass is 234 g/mol. The number of hydrogen-bond donors (Lipinski definition) is 1. The predicted octanol–water partition coefficient (Wildman–Crippen LogP) is 2.85. The molecule has 2 heteroatoms. The molecule has 0 spiro atoms. The summed E-state index contributed by atoms with van der Waals surface area (Å²) >= 11 is 0. The fourth-order valence-corrected chi connectivity index (χ4v) is 1.63. The van der Waals surface area contributed by atoms with Gasteiger partial charge in [0, 0.05) is 19.1 Å². The molecule has 1 unspecified atom stereocenters. The second-order valence-electron chi connectivity index (χ2n) is 5.34. The number of nitrogens with one attached hydrogen (secondary N) is 1. The van der Waals surface area contributed by atoms with Crippen molar-refractivity contribution in [3.63, 3.8) is 0 Å². The van der Waals surface area contributed by atoms with Crippen LogP contribution in [0.4, 0.5) is 0 Å². The average Bonchev–Trinajstić information content (AvgIpc) is 2.29. The molecule has 0 aliphatic carbocycles. The highest BCUT2D eigenvalue weighted by Gasteiger charge is 2.03. The minimum absolute atomic E-state index is 0.574. The van der Waals surface area contributed by atoms with Crippen LogP contribution in [0, 0.1) is 0 Å². The summed E-state index contributed by atoms with van der Waals surface area (Å²) in [6.45, 7) is 8.67. The quantitative estimate of drug-likeness (QED) is 0.814. The molecule has 0 radical (unpaired) electrons. The van der Waals surface area contributed by atoms with Crippen LogP contribution in [-0.2, 0) is 6.54 Å². The van der Waals surface area contributed by atoms with Gasteiger partial charge in [0.1, 0.15) is 0 Å². The number of rotatable bonds is 6. The van der Waals surface area contributed by atoms with Crippen molar-refractivity contribution in [2.45, 2.75) is 39.3 Å². The van der Waals surface area contributed by atoms with E-state index in [9.17, 15) is 0 Å². The second kappa shape index (κ2) is 6.77. The molecule has 1 aromatic rings. The number of nitrogens with zero attached hydrogens (tertiary/aromatic N) is 1. The van der Waals surface area contributed by atoms with Crippen molar-refractivity contribution in [1.82, 2.24) is 10.2 Å². The Morgan fingerprint density at radius 1 is 1.06 bits per heavy atom. The van der Waals surface area contributed by atoms with Gasteiger partial charge >= 0.3 is 0 Å². The van der Waals surface area contributed by atoms with Crippen molar-refractivity contribution in [1.29, 1.82) is 0 Å². The first kappa shape index (κ1) is 14.2. The van der Waals surface area contributed by atoms with E-state index < -0.39 is 0 Å². The van der Waals surface area contributed by atoms with Crippen LogP contribution in [0.3, 0.4) is 0 Å². The van der Waals surface area contributed by atoms with Crippen molar-refractivity contribution in [2.75, 3.05) is 20.6 Å². The van der Waals surface area contributed by atoms with Gasteiger partial charge in [0.2, 0.25) is 0 Å². The van der Waals surface area contributed by atoms with Crippen LogP contribution in [0.25, 0.3) is 0 Å². The summed E-state index contributed by atoms with van der Waals surface area (Å²) in [6, 6.07) is 9.49. The Morgan fingerprint density at radius 3 is 2.12 bits per heavy atom. The smallest absolute Gasteiger partial charge is 0.0206 e. The van der Waals surface area contributed by atoms with Gasteiger partial charge in [-0.15, -0.1) is 0 Å². The normalized spacial score (nSPS) is 13.4. The maximum absolute atomic E-state index is 3.49. The van der Waals surface area contributed by atoms with E-state index in [2.05, 4.69) is 69.3 Å². The molecule has 2 nitrogen and oxygen atoms in total. The van der Waals surface area contributed by atoms with Crippen molar-refractivity contribution in [3.8, 4) is 0 Å². The van der Waals surface area contributed by atoms with Gasteiger partial charge in [0.25, 0.3) is 0 Å². The van der Waals surface area contributed by atoms with Crippen LogP contribution in [-0.4, -0.2) is 31.6 Å². The molecular weight excluding hydrogens is 208 g/mol. The molecule has 0 saturated carbocycles. The van der Waals surface area contributed by atoms with E-state index in [0.29, 0.717) is 12.0 Å². The molecule has 0 aliphatic rings. The van der Waals surface area contributed by atoms with Gasteiger partial charge in [-0.1, -0.05) is 38.1 Å². The lowest BCUT2D eigenvalue weighted by Gasteiger charge is -2.20.